The number of alkyl carbamates (subject to hydrolysis) is 1. The van der Waals surface area contributed by atoms with Crippen LogP contribution in [0, 0.1) is 5.92 Å². The number of aliphatic hydroxyl groups is 1. The molecule has 17 heavy (non-hydrogen) atoms. The van der Waals surface area contributed by atoms with E-state index in [0.717, 1.165) is 6.42 Å². The monoisotopic (exact) mass is 243 g/mol. The predicted molar refractivity (Wildman–Crippen MR) is 66.8 cm³/mol. The Labute approximate surface area is 104 Å². The zero-order chi connectivity index (χ0) is 13.1. The summed E-state index contributed by atoms with van der Waals surface area (Å²) < 4.78 is 5.19. The van der Waals surface area contributed by atoms with Crippen LogP contribution < -0.4 is 5.32 Å². The molecular weight excluding hydrogens is 218 g/mol. The summed E-state index contributed by atoms with van der Waals surface area (Å²) in [6, 6.07) is -0.199. The first-order valence-corrected chi connectivity index (χ1v) is 6.45. The van der Waals surface area contributed by atoms with Gasteiger partial charge in [-0.2, -0.15) is 0 Å². The largest absolute Gasteiger partial charge is 0.444 e. The fraction of sp³-hybridized carbons (Fsp3) is 0.923. The van der Waals surface area contributed by atoms with Gasteiger partial charge in [0.05, 0.1) is 12.1 Å². The van der Waals surface area contributed by atoms with E-state index in [2.05, 4.69) is 5.32 Å². The van der Waals surface area contributed by atoms with E-state index in [0.29, 0.717) is 5.92 Å². The van der Waals surface area contributed by atoms with Gasteiger partial charge < -0.3 is 15.2 Å². The lowest BCUT2D eigenvalue weighted by molar-refractivity contribution is 0.0403. The van der Waals surface area contributed by atoms with Crippen molar-refractivity contribution >= 4 is 6.09 Å². The molecule has 4 nitrogen and oxygen atoms in total. The van der Waals surface area contributed by atoms with Crippen molar-refractivity contribution in [2.45, 2.75) is 71.1 Å². The molecule has 0 aliphatic heterocycles. The Balaban J connectivity index is 2.39. The number of amides is 1. The predicted octanol–water partition coefficient (Wildman–Crippen LogP) is 2.45. The number of carbonyl (C=O) groups is 1. The first kappa shape index (κ1) is 14.3. The van der Waals surface area contributed by atoms with Gasteiger partial charge >= 0.3 is 6.09 Å². The van der Waals surface area contributed by atoms with E-state index in [4.69, 9.17) is 4.74 Å². The molecule has 1 aliphatic carbocycles. The summed E-state index contributed by atoms with van der Waals surface area (Å²) in [6.07, 6.45) is 3.55. The maximum Gasteiger partial charge on any atom is 0.407 e. The summed E-state index contributed by atoms with van der Waals surface area (Å²) >= 11 is 0. The first-order chi connectivity index (χ1) is 7.78. The zero-order valence-corrected chi connectivity index (χ0v) is 11.3. The van der Waals surface area contributed by atoms with Gasteiger partial charge in [-0.3, -0.25) is 0 Å². The van der Waals surface area contributed by atoms with Crippen LogP contribution >= 0.6 is 0 Å². The molecule has 0 aromatic heterocycles. The second-order valence-electron chi connectivity index (χ2n) is 6.03. The molecule has 2 unspecified atom stereocenters. The fourth-order valence-electron chi connectivity index (χ4n) is 1.92. The molecule has 2 N–H and O–H groups in total. The number of nitrogens with one attached hydrogen (secondary N) is 1. The number of rotatable bonds is 4. The first-order valence-electron chi connectivity index (χ1n) is 6.45. The van der Waals surface area contributed by atoms with Crippen LogP contribution in [0.1, 0.15) is 53.4 Å². The van der Waals surface area contributed by atoms with Crippen molar-refractivity contribution in [3.8, 4) is 0 Å². The molecule has 1 amide bonds. The van der Waals surface area contributed by atoms with Crippen LogP contribution in [0.5, 0.6) is 0 Å². The van der Waals surface area contributed by atoms with Crippen LogP contribution in [0.25, 0.3) is 0 Å². The third-order valence-electron chi connectivity index (χ3n) is 3.10. The molecule has 1 saturated carbocycles. The van der Waals surface area contributed by atoms with E-state index in [-0.39, 0.29) is 6.04 Å². The lowest BCUT2D eigenvalue weighted by Crippen LogP contribution is -2.46. The van der Waals surface area contributed by atoms with E-state index in [9.17, 15) is 9.90 Å². The molecule has 0 spiro atoms. The molecule has 0 aromatic rings. The van der Waals surface area contributed by atoms with Gasteiger partial charge in [-0.05, 0) is 40.0 Å². The van der Waals surface area contributed by atoms with Crippen LogP contribution in [0.3, 0.4) is 0 Å². The van der Waals surface area contributed by atoms with Crippen molar-refractivity contribution in [3.05, 3.63) is 0 Å². The number of hydrogen-bond acceptors (Lipinski definition) is 3. The van der Waals surface area contributed by atoms with Gasteiger partial charge in [-0.1, -0.05) is 19.3 Å². The summed E-state index contributed by atoms with van der Waals surface area (Å²) in [5.41, 5.74) is -0.496. The highest BCUT2D eigenvalue weighted by atomic mass is 16.6. The second kappa shape index (κ2) is 5.71. The van der Waals surface area contributed by atoms with Crippen molar-refractivity contribution in [1.29, 1.82) is 0 Å². The average molecular weight is 243 g/mol. The van der Waals surface area contributed by atoms with Crippen molar-refractivity contribution in [3.63, 3.8) is 0 Å². The Morgan fingerprint density at radius 3 is 2.41 bits per heavy atom. The fourth-order valence-corrected chi connectivity index (χ4v) is 1.92. The molecular formula is C13H25NO3. The maximum absolute atomic E-state index is 11.6. The summed E-state index contributed by atoms with van der Waals surface area (Å²) in [5.74, 6) is 0.643. The van der Waals surface area contributed by atoms with Gasteiger partial charge in [0.25, 0.3) is 0 Å². The minimum atomic E-state index is -0.539. The third-order valence-corrected chi connectivity index (χ3v) is 3.10. The van der Waals surface area contributed by atoms with Gasteiger partial charge in [-0.15, -0.1) is 0 Å². The molecule has 1 fully saturated rings. The average Bonchev–Trinajstić information content (AvgIpc) is 2.05. The van der Waals surface area contributed by atoms with Gasteiger partial charge in [0.2, 0.25) is 0 Å². The standard InChI is InChI=1S/C13H25NO3/c1-9(15)11(8-10-6-5-7-10)14-12(16)17-13(2,3)4/h9-11,15H,5-8H2,1-4H3,(H,14,16). The molecule has 0 bridgehead atoms. The van der Waals surface area contributed by atoms with Gasteiger partial charge in [-0.25, -0.2) is 4.79 Å². The molecule has 0 saturated heterocycles. The number of hydrogen-bond donors (Lipinski definition) is 2. The normalized spacial score (nSPS) is 20.3. The molecule has 100 valence electrons. The molecule has 0 heterocycles. The van der Waals surface area contributed by atoms with Crippen LogP contribution in [0.4, 0.5) is 4.79 Å². The lowest BCUT2D eigenvalue weighted by Gasteiger charge is -2.32. The lowest BCUT2D eigenvalue weighted by atomic mass is 9.80. The maximum atomic E-state index is 11.6. The Hall–Kier alpha value is -0.770. The van der Waals surface area contributed by atoms with Gasteiger partial charge in [0, 0.05) is 0 Å². The molecule has 0 aromatic carbocycles. The van der Waals surface area contributed by atoms with Gasteiger partial charge in [0.15, 0.2) is 0 Å². The molecule has 2 atom stereocenters. The third kappa shape index (κ3) is 5.39. The zero-order valence-electron chi connectivity index (χ0n) is 11.3. The second-order valence-corrected chi connectivity index (χ2v) is 6.03. The molecule has 0 radical (unpaired) electrons. The Bertz CT molecular complexity index is 254. The van der Waals surface area contributed by atoms with E-state index < -0.39 is 17.8 Å². The quantitative estimate of drug-likeness (QED) is 0.797. The van der Waals surface area contributed by atoms with Crippen molar-refractivity contribution in [2.75, 3.05) is 0 Å². The Morgan fingerprint density at radius 1 is 1.47 bits per heavy atom. The number of aliphatic hydroxyl groups excluding tert-OH is 1. The highest BCUT2D eigenvalue weighted by Crippen LogP contribution is 2.31. The summed E-state index contributed by atoms with van der Waals surface area (Å²) in [6.45, 7) is 7.20. The van der Waals surface area contributed by atoms with E-state index >= 15 is 0 Å². The number of ether oxygens (including phenoxy) is 1. The summed E-state index contributed by atoms with van der Waals surface area (Å²) in [4.78, 5) is 11.6. The van der Waals surface area contributed by atoms with E-state index in [1.165, 1.54) is 19.3 Å². The summed E-state index contributed by atoms with van der Waals surface area (Å²) in [7, 11) is 0. The topological polar surface area (TPSA) is 58.6 Å². The summed E-state index contributed by atoms with van der Waals surface area (Å²) in [5, 5.41) is 12.4. The smallest absolute Gasteiger partial charge is 0.407 e. The number of carbonyl (C=O) groups excluding carboxylic acids is 1. The van der Waals surface area contributed by atoms with E-state index in [1.807, 2.05) is 20.8 Å². The van der Waals surface area contributed by atoms with Crippen LogP contribution in [-0.2, 0) is 4.74 Å². The van der Waals surface area contributed by atoms with Crippen molar-refractivity contribution in [1.82, 2.24) is 5.32 Å². The molecule has 1 rings (SSSR count). The van der Waals surface area contributed by atoms with E-state index in [1.54, 1.807) is 6.92 Å². The molecule has 4 heteroatoms. The van der Waals surface area contributed by atoms with Crippen molar-refractivity contribution < 1.29 is 14.6 Å². The minimum absolute atomic E-state index is 0.199. The SMILES string of the molecule is CC(O)C(CC1CCC1)NC(=O)OC(C)(C)C. The highest BCUT2D eigenvalue weighted by Gasteiger charge is 2.27. The molecule has 1 aliphatic rings. The van der Waals surface area contributed by atoms with Gasteiger partial charge in [0.1, 0.15) is 5.60 Å². The van der Waals surface area contributed by atoms with Crippen molar-refractivity contribution in [2.24, 2.45) is 5.92 Å². The highest BCUT2D eigenvalue weighted by molar-refractivity contribution is 5.68. The minimum Gasteiger partial charge on any atom is -0.444 e. The van der Waals surface area contributed by atoms with Crippen LogP contribution in [0.2, 0.25) is 0 Å². The van der Waals surface area contributed by atoms with Crippen LogP contribution in [0.15, 0.2) is 0 Å². The van der Waals surface area contributed by atoms with Crippen LogP contribution in [-0.4, -0.2) is 28.9 Å². The Morgan fingerprint density at radius 2 is 2.06 bits per heavy atom. The Kier molecular flexibility index (Phi) is 4.80.